The molecule has 0 spiro atoms. The molecule has 1 heterocycles. The Kier molecular flexibility index (Phi) is 10.0. The van der Waals surface area contributed by atoms with Gasteiger partial charge in [0.2, 0.25) is 5.91 Å². The zero-order valence-electron chi connectivity index (χ0n) is 23.9. The van der Waals surface area contributed by atoms with Crippen molar-refractivity contribution < 1.29 is 28.7 Å². The van der Waals surface area contributed by atoms with Crippen LogP contribution in [0.2, 0.25) is 0 Å². The number of rotatable bonds is 11. The molecule has 10 heteroatoms. The monoisotopic (exact) mass is 587 g/mol. The highest BCUT2D eigenvalue weighted by molar-refractivity contribution is 8.18. The van der Waals surface area contributed by atoms with E-state index in [1.54, 1.807) is 36.4 Å². The number of anilines is 2. The Bertz CT molecular complexity index is 1500. The van der Waals surface area contributed by atoms with Crippen LogP contribution in [0.1, 0.15) is 43.4 Å². The van der Waals surface area contributed by atoms with Crippen molar-refractivity contribution in [3.05, 3.63) is 88.3 Å². The summed E-state index contributed by atoms with van der Waals surface area (Å²) in [6.07, 6.45) is 1.56. The number of carbonyl (C=O) groups excluding carboxylic acids is 4. The summed E-state index contributed by atoms with van der Waals surface area (Å²) < 4.78 is 11.4. The number of benzene rings is 3. The van der Waals surface area contributed by atoms with Crippen LogP contribution in [-0.2, 0) is 14.4 Å². The van der Waals surface area contributed by atoms with Gasteiger partial charge in [0.25, 0.3) is 17.1 Å². The van der Waals surface area contributed by atoms with Crippen LogP contribution in [0, 0.1) is 6.92 Å². The Hall–Kier alpha value is -4.57. The van der Waals surface area contributed by atoms with Crippen molar-refractivity contribution in [2.45, 2.75) is 33.6 Å². The molecule has 0 atom stereocenters. The Balaban J connectivity index is 1.38. The summed E-state index contributed by atoms with van der Waals surface area (Å²) in [6.45, 7) is 7.67. The van der Waals surface area contributed by atoms with Crippen LogP contribution in [0.4, 0.5) is 16.2 Å². The molecule has 2 N–H and O–H groups in total. The summed E-state index contributed by atoms with van der Waals surface area (Å²) in [5.41, 5.74) is 4.07. The van der Waals surface area contributed by atoms with Crippen molar-refractivity contribution in [2.75, 3.05) is 30.4 Å². The van der Waals surface area contributed by atoms with Gasteiger partial charge >= 0.3 is 0 Å². The average molecular weight is 588 g/mol. The van der Waals surface area contributed by atoms with Crippen LogP contribution in [0.25, 0.3) is 6.08 Å². The molecule has 4 amide bonds. The zero-order chi connectivity index (χ0) is 30.2. The summed E-state index contributed by atoms with van der Waals surface area (Å²) in [5, 5.41) is 4.98. The molecule has 3 aromatic rings. The van der Waals surface area contributed by atoms with E-state index in [9.17, 15) is 19.2 Å². The van der Waals surface area contributed by atoms with E-state index >= 15 is 0 Å². The number of aryl methyl sites for hydroxylation is 1. The van der Waals surface area contributed by atoms with Crippen molar-refractivity contribution >= 4 is 52.2 Å². The van der Waals surface area contributed by atoms with Crippen molar-refractivity contribution in [2.24, 2.45) is 0 Å². The van der Waals surface area contributed by atoms with Gasteiger partial charge in [0, 0.05) is 11.4 Å². The number of amides is 4. The van der Waals surface area contributed by atoms with E-state index < -0.39 is 23.6 Å². The molecule has 0 radical (unpaired) electrons. The lowest BCUT2D eigenvalue weighted by molar-refractivity contribution is -0.127. The lowest BCUT2D eigenvalue weighted by Crippen LogP contribution is -2.36. The smallest absolute Gasteiger partial charge is 0.294 e. The summed E-state index contributed by atoms with van der Waals surface area (Å²) in [4.78, 5) is 51.6. The van der Waals surface area contributed by atoms with Crippen molar-refractivity contribution in [3.63, 3.8) is 0 Å². The number of imide groups is 1. The first-order chi connectivity index (χ1) is 20.1. The standard InChI is InChI=1S/C32H33N3O6S/c1-5-40-27-16-22(8-15-26(27)41-19-30(37)34-24-11-6-21(4)7-12-24)17-28-31(38)35(32(39)42-28)18-29(36)33-25-13-9-23(10-14-25)20(2)3/h6-17,20H,5,18-19H2,1-4H3,(H,33,36)(H,34,37)/b28-17-. The molecule has 3 aromatic carbocycles. The molecule has 218 valence electrons. The van der Waals surface area contributed by atoms with Crippen molar-refractivity contribution in [1.29, 1.82) is 0 Å². The fourth-order valence-corrected chi connectivity index (χ4v) is 4.90. The first-order valence-electron chi connectivity index (χ1n) is 13.5. The molecule has 0 aliphatic carbocycles. The lowest BCUT2D eigenvalue weighted by atomic mass is 10.0. The third kappa shape index (κ3) is 8.01. The maximum atomic E-state index is 13.0. The van der Waals surface area contributed by atoms with E-state index in [4.69, 9.17) is 9.47 Å². The number of thioether (sulfide) groups is 1. The number of nitrogens with zero attached hydrogens (tertiary/aromatic N) is 1. The number of hydrogen-bond acceptors (Lipinski definition) is 7. The second-order valence-corrected chi connectivity index (χ2v) is 10.9. The molecule has 0 bridgehead atoms. The predicted molar refractivity (Wildman–Crippen MR) is 165 cm³/mol. The molecule has 42 heavy (non-hydrogen) atoms. The van der Waals surface area contributed by atoms with Gasteiger partial charge in [0.05, 0.1) is 11.5 Å². The molecule has 4 rings (SSSR count). The number of nitrogens with one attached hydrogen (secondary N) is 2. The zero-order valence-corrected chi connectivity index (χ0v) is 24.7. The maximum absolute atomic E-state index is 13.0. The van der Waals surface area contributed by atoms with Gasteiger partial charge in [-0.3, -0.25) is 24.1 Å². The van der Waals surface area contributed by atoms with Crippen LogP contribution < -0.4 is 20.1 Å². The minimum absolute atomic E-state index is 0.183. The van der Waals surface area contributed by atoms with Crippen molar-refractivity contribution in [3.8, 4) is 11.5 Å². The first-order valence-corrected chi connectivity index (χ1v) is 14.4. The van der Waals surface area contributed by atoms with E-state index in [1.807, 2.05) is 50.2 Å². The summed E-state index contributed by atoms with van der Waals surface area (Å²) in [6, 6.07) is 19.9. The van der Waals surface area contributed by atoms with E-state index in [0.717, 1.165) is 27.8 Å². The average Bonchev–Trinajstić information content (AvgIpc) is 3.21. The minimum atomic E-state index is -0.554. The largest absolute Gasteiger partial charge is 0.490 e. The third-order valence-electron chi connectivity index (χ3n) is 6.30. The van der Waals surface area contributed by atoms with Gasteiger partial charge in [-0.1, -0.05) is 49.7 Å². The van der Waals surface area contributed by atoms with Gasteiger partial charge < -0.3 is 20.1 Å². The second-order valence-electron chi connectivity index (χ2n) is 9.93. The minimum Gasteiger partial charge on any atom is -0.490 e. The van der Waals surface area contributed by atoms with Crippen LogP contribution in [0.5, 0.6) is 11.5 Å². The Morgan fingerprint density at radius 3 is 2.17 bits per heavy atom. The fourth-order valence-electron chi connectivity index (χ4n) is 4.06. The third-order valence-corrected chi connectivity index (χ3v) is 7.20. The van der Waals surface area contributed by atoms with Gasteiger partial charge in [0.15, 0.2) is 18.1 Å². The SMILES string of the molecule is CCOc1cc(/C=C2\SC(=O)N(CC(=O)Nc3ccc(C(C)C)cc3)C2=O)ccc1OCC(=O)Nc1ccc(C)cc1. The molecule has 9 nitrogen and oxygen atoms in total. The first kappa shape index (κ1) is 30.4. The lowest BCUT2D eigenvalue weighted by Gasteiger charge is -2.13. The van der Waals surface area contributed by atoms with Gasteiger partial charge in [-0.2, -0.15) is 0 Å². The molecule has 0 saturated carbocycles. The normalized spacial score (nSPS) is 13.9. The van der Waals surface area contributed by atoms with Gasteiger partial charge in [-0.05, 0) is 85.1 Å². The number of hydrogen-bond donors (Lipinski definition) is 2. The highest BCUT2D eigenvalue weighted by Crippen LogP contribution is 2.34. The molecule has 0 unspecified atom stereocenters. The second kappa shape index (κ2) is 13.9. The quantitative estimate of drug-likeness (QED) is 0.256. The Morgan fingerprint density at radius 2 is 1.52 bits per heavy atom. The predicted octanol–water partition coefficient (Wildman–Crippen LogP) is 6.21. The maximum Gasteiger partial charge on any atom is 0.294 e. The van der Waals surface area contributed by atoms with Crippen LogP contribution >= 0.6 is 11.8 Å². The number of ether oxygens (including phenoxy) is 2. The Morgan fingerprint density at radius 1 is 0.881 bits per heavy atom. The summed E-state index contributed by atoms with van der Waals surface area (Å²) in [7, 11) is 0. The molecule has 1 fully saturated rings. The van der Waals surface area contributed by atoms with E-state index in [-0.39, 0.29) is 17.4 Å². The highest BCUT2D eigenvalue weighted by Gasteiger charge is 2.36. The van der Waals surface area contributed by atoms with E-state index in [0.29, 0.717) is 41.0 Å². The van der Waals surface area contributed by atoms with E-state index in [1.165, 1.54) is 0 Å². The van der Waals surface area contributed by atoms with Gasteiger partial charge in [0.1, 0.15) is 6.54 Å². The molecule has 1 aliphatic rings. The molecule has 1 aliphatic heterocycles. The van der Waals surface area contributed by atoms with Crippen LogP contribution in [-0.4, -0.2) is 47.6 Å². The summed E-state index contributed by atoms with van der Waals surface area (Å²) in [5.74, 6) is -0.240. The molecular weight excluding hydrogens is 554 g/mol. The topological polar surface area (TPSA) is 114 Å². The van der Waals surface area contributed by atoms with E-state index in [2.05, 4.69) is 24.5 Å². The highest BCUT2D eigenvalue weighted by atomic mass is 32.2. The molecule has 0 aromatic heterocycles. The summed E-state index contributed by atoms with van der Waals surface area (Å²) >= 11 is 0.763. The van der Waals surface area contributed by atoms with Crippen LogP contribution in [0.15, 0.2) is 71.6 Å². The number of carbonyl (C=O) groups is 4. The Labute approximate surface area is 249 Å². The molecule has 1 saturated heterocycles. The van der Waals surface area contributed by atoms with Gasteiger partial charge in [-0.15, -0.1) is 0 Å². The van der Waals surface area contributed by atoms with Crippen molar-refractivity contribution in [1.82, 2.24) is 4.90 Å². The fraction of sp³-hybridized carbons (Fsp3) is 0.250. The van der Waals surface area contributed by atoms with Gasteiger partial charge in [-0.25, -0.2) is 0 Å². The van der Waals surface area contributed by atoms with Crippen LogP contribution in [0.3, 0.4) is 0 Å². The molecular formula is C32H33N3O6S.